The summed E-state index contributed by atoms with van der Waals surface area (Å²) in [4.78, 5) is 14.6. The first kappa shape index (κ1) is 22.1. The molecule has 1 saturated heterocycles. The molecule has 0 radical (unpaired) electrons. The van der Waals surface area contributed by atoms with Crippen LogP contribution in [-0.4, -0.2) is 57.9 Å². The number of carbonyl (C=O) groups excluding carboxylic acids is 1. The van der Waals surface area contributed by atoms with Gasteiger partial charge in [-0.3, -0.25) is 4.79 Å². The van der Waals surface area contributed by atoms with Crippen molar-refractivity contribution < 1.29 is 18.7 Å². The van der Waals surface area contributed by atoms with Crippen molar-refractivity contribution in [1.29, 1.82) is 5.26 Å². The van der Waals surface area contributed by atoms with E-state index in [0.717, 1.165) is 42.1 Å². The molecule has 32 heavy (non-hydrogen) atoms. The number of halogens is 1. The van der Waals surface area contributed by atoms with Crippen LogP contribution in [0.15, 0.2) is 36.4 Å². The van der Waals surface area contributed by atoms with Crippen LogP contribution in [0, 0.1) is 17.1 Å². The third-order valence-electron chi connectivity index (χ3n) is 5.78. The molecule has 2 aromatic rings. The van der Waals surface area contributed by atoms with Crippen LogP contribution in [0.2, 0.25) is 0 Å². The highest BCUT2D eigenvalue weighted by Gasteiger charge is 2.24. The average Bonchev–Trinajstić information content (AvgIpc) is 3.09. The van der Waals surface area contributed by atoms with Gasteiger partial charge in [-0.25, -0.2) is 4.39 Å². The molecular formula is C24H27FN4O3. The molecule has 0 aliphatic carbocycles. The van der Waals surface area contributed by atoms with E-state index >= 15 is 0 Å². The highest BCUT2D eigenvalue weighted by molar-refractivity contribution is 5.81. The second kappa shape index (κ2) is 9.98. The summed E-state index contributed by atoms with van der Waals surface area (Å²) in [5.41, 5.74) is 2.97. The zero-order valence-electron chi connectivity index (χ0n) is 18.1. The van der Waals surface area contributed by atoms with E-state index in [4.69, 9.17) is 9.47 Å². The molecule has 7 nitrogen and oxygen atoms in total. The molecule has 1 amide bonds. The Hall–Kier alpha value is -3.15. The normalized spacial score (nSPS) is 19.2. The van der Waals surface area contributed by atoms with Crippen molar-refractivity contribution in [3.8, 4) is 22.9 Å². The van der Waals surface area contributed by atoms with Gasteiger partial charge < -0.3 is 25.0 Å². The summed E-state index contributed by atoms with van der Waals surface area (Å²) in [5, 5.41) is 15.3. The molecule has 168 valence electrons. The number of hydrogen-bond acceptors (Lipinski definition) is 6. The van der Waals surface area contributed by atoms with Gasteiger partial charge >= 0.3 is 0 Å². The number of nitriles is 1. The molecule has 2 aliphatic rings. The topological polar surface area (TPSA) is 86.6 Å². The number of likely N-dealkylation sites (N-methyl/N-ethyl adjacent to an activating group) is 1. The van der Waals surface area contributed by atoms with Crippen LogP contribution < -0.4 is 20.3 Å². The van der Waals surface area contributed by atoms with Crippen LogP contribution in [0.4, 0.5) is 10.1 Å². The third-order valence-corrected chi connectivity index (χ3v) is 5.78. The number of amides is 1. The molecule has 2 atom stereocenters. The van der Waals surface area contributed by atoms with Crippen molar-refractivity contribution in [3.63, 3.8) is 0 Å². The number of nitrogens with one attached hydrogen (secondary N) is 2. The lowest BCUT2D eigenvalue weighted by molar-refractivity contribution is -0.132. The second-order valence-corrected chi connectivity index (χ2v) is 8.07. The van der Waals surface area contributed by atoms with Crippen LogP contribution in [0.5, 0.6) is 5.75 Å². The van der Waals surface area contributed by atoms with Crippen molar-refractivity contribution in [1.82, 2.24) is 10.6 Å². The van der Waals surface area contributed by atoms with Gasteiger partial charge in [0.25, 0.3) is 5.91 Å². The van der Waals surface area contributed by atoms with Crippen LogP contribution >= 0.6 is 0 Å². The molecule has 2 N–H and O–H groups in total. The number of benzene rings is 2. The molecule has 0 unspecified atom stereocenters. The van der Waals surface area contributed by atoms with Crippen molar-refractivity contribution in [2.75, 3.05) is 44.8 Å². The molecule has 2 aliphatic heterocycles. The van der Waals surface area contributed by atoms with Gasteiger partial charge in [0.1, 0.15) is 30.3 Å². The van der Waals surface area contributed by atoms with E-state index in [1.807, 2.05) is 31.3 Å². The Labute approximate surface area is 187 Å². The number of fused-ring (bicyclic) bond motifs is 1. The summed E-state index contributed by atoms with van der Waals surface area (Å²) < 4.78 is 26.1. The van der Waals surface area contributed by atoms with Gasteiger partial charge in [0.05, 0.1) is 18.3 Å². The first-order valence-corrected chi connectivity index (χ1v) is 10.8. The van der Waals surface area contributed by atoms with E-state index < -0.39 is 18.0 Å². The van der Waals surface area contributed by atoms with Crippen molar-refractivity contribution >= 4 is 11.6 Å². The van der Waals surface area contributed by atoms with Crippen molar-refractivity contribution in [3.05, 3.63) is 47.8 Å². The predicted octanol–water partition coefficient (Wildman–Crippen LogP) is 2.25. The Balaban J connectivity index is 1.45. The molecule has 2 aromatic carbocycles. The van der Waals surface area contributed by atoms with E-state index in [1.54, 1.807) is 6.07 Å². The Bertz CT molecular complexity index is 1010. The zero-order valence-corrected chi connectivity index (χ0v) is 18.1. The molecular weight excluding hydrogens is 411 g/mol. The van der Waals surface area contributed by atoms with Crippen LogP contribution in [0.3, 0.4) is 0 Å². The van der Waals surface area contributed by atoms with Gasteiger partial charge in [0.2, 0.25) is 0 Å². The Kier molecular flexibility index (Phi) is 6.88. The maximum absolute atomic E-state index is 14.9. The first-order valence-electron chi connectivity index (χ1n) is 10.8. The molecule has 2 heterocycles. The van der Waals surface area contributed by atoms with Crippen molar-refractivity contribution in [2.45, 2.75) is 25.0 Å². The lowest BCUT2D eigenvalue weighted by Gasteiger charge is -2.28. The second-order valence-electron chi connectivity index (χ2n) is 8.07. The number of ether oxygens (including phenoxy) is 2. The van der Waals surface area contributed by atoms with E-state index in [1.165, 1.54) is 6.07 Å². The number of rotatable bonds is 5. The number of carbonyl (C=O) groups is 1. The molecule has 1 fully saturated rings. The molecule has 8 heteroatoms. The van der Waals surface area contributed by atoms with Gasteiger partial charge in [0, 0.05) is 26.6 Å². The van der Waals surface area contributed by atoms with E-state index in [0.29, 0.717) is 25.3 Å². The molecule has 0 spiro atoms. The monoisotopic (exact) mass is 438 g/mol. The fourth-order valence-electron chi connectivity index (χ4n) is 3.92. The molecule has 0 aromatic heterocycles. The highest BCUT2D eigenvalue weighted by Crippen LogP contribution is 2.35. The first-order chi connectivity index (χ1) is 15.5. The summed E-state index contributed by atoms with van der Waals surface area (Å²) in [5.74, 6) is 0.0510. The summed E-state index contributed by atoms with van der Waals surface area (Å²) in [6.45, 7) is 3.12. The quantitative estimate of drug-likeness (QED) is 0.745. The standard InChI is InChI=1S/C24H27FN4O3/c1-29-8-10-32-22-6-5-17(13-21(22)29)16-3-4-18(20(25)12-16)11-19(14-26)28-24(30)23-15-27-7-2-9-31-23/h3-6,12-13,19,23,27H,2,7-11,15H2,1H3,(H,28,30)/t19-,23+/m1/s1. The highest BCUT2D eigenvalue weighted by atomic mass is 19.1. The lowest BCUT2D eigenvalue weighted by Crippen LogP contribution is -2.46. The van der Waals surface area contributed by atoms with E-state index in [2.05, 4.69) is 21.6 Å². The Morgan fingerprint density at radius 3 is 2.94 bits per heavy atom. The number of hydrogen-bond donors (Lipinski definition) is 2. The Morgan fingerprint density at radius 1 is 1.31 bits per heavy atom. The van der Waals surface area contributed by atoms with Gasteiger partial charge in [-0.05, 0) is 47.9 Å². The summed E-state index contributed by atoms with van der Waals surface area (Å²) in [6.07, 6.45) is 0.262. The summed E-state index contributed by atoms with van der Waals surface area (Å²) in [6, 6.07) is 12.0. The van der Waals surface area contributed by atoms with Gasteiger partial charge in [-0.2, -0.15) is 5.26 Å². The number of anilines is 1. The number of nitrogens with zero attached hydrogens (tertiary/aromatic N) is 2. The molecule has 0 bridgehead atoms. The third kappa shape index (κ3) is 5.01. The minimum atomic E-state index is -0.843. The SMILES string of the molecule is CN1CCOc2ccc(-c3ccc(C[C@H](C#N)NC(=O)[C@@H]4CNCCCO4)c(F)c3)cc21. The van der Waals surface area contributed by atoms with Crippen molar-refractivity contribution in [2.24, 2.45) is 0 Å². The fourth-order valence-corrected chi connectivity index (χ4v) is 3.92. The largest absolute Gasteiger partial charge is 0.490 e. The summed E-state index contributed by atoms with van der Waals surface area (Å²) >= 11 is 0. The molecule has 4 rings (SSSR count). The lowest BCUT2D eigenvalue weighted by atomic mass is 9.99. The smallest absolute Gasteiger partial charge is 0.251 e. The Morgan fingerprint density at radius 2 is 2.12 bits per heavy atom. The minimum absolute atomic E-state index is 0.0786. The predicted molar refractivity (Wildman–Crippen MR) is 119 cm³/mol. The maximum atomic E-state index is 14.9. The van der Waals surface area contributed by atoms with Crippen LogP contribution in [0.1, 0.15) is 12.0 Å². The zero-order chi connectivity index (χ0) is 22.5. The van der Waals surface area contributed by atoms with Gasteiger partial charge in [-0.1, -0.05) is 18.2 Å². The summed E-state index contributed by atoms with van der Waals surface area (Å²) in [7, 11) is 2.00. The molecule has 0 saturated carbocycles. The van der Waals surface area contributed by atoms with Crippen LogP contribution in [-0.2, 0) is 16.0 Å². The maximum Gasteiger partial charge on any atom is 0.251 e. The van der Waals surface area contributed by atoms with E-state index in [9.17, 15) is 14.4 Å². The fraction of sp³-hybridized carbons (Fsp3) is 0.417. The average molecular weight is 439 g/mol. The minimum Gasteiger partial charge on any atom is -0.490 e. The van der Waals surface area contributed by atoms with Gasteiger partial charge in [-0.15, -0.1) is 0 Å². The van der Waals surface area contributed by atoms with Gasteiger partial charge in [0.15, 0.2) is 0 Å². The van der Waals surface area contributed by atoms with E-state index in [-0.39, 0.29) is 12.3 Å². The van der Waals surface area contributed by atoms with Crippen LogP contribution in [0.25, 0.3) is 11.1 Å².